The van der Waals surface area contributed by atoms with Crippen LogP contribution in [-0.2, 0) is 4.79 Å². The Hall–Kier alpha value is -2.68. The van der Waals surface area contributed by atoms with Gasteiger partial charge in [0, 0.05) is 16.1 Å². The van der Waals surface area contributed by atoms with Gasteiger partial charge in [0.2, 0.25) is 0 Å². The highest BCUT2D eigenvalue weighted by Gasteiger charge is 2.13. The van der Waals surface area contributed by atoms with Crippen LogP contribution in [0.15, 0.2) is 39.2 Å². The first-order chi connectivity index (χ1) is 12.3. The van der Waals surface area contributed by atoms with E-state index in [0.717, 1.165) is 6.08 Å². The average Bonchev–Trinajstić information content (AvgIpc) is 2.91. The second-order valence-corrected chi connectivity index (χ2v) is 6.08. The van der Waals surface area contributed by atoms with Crippen LogP contribution in [0.1, 0.15) is 27.4 Å². The summed E-state index contributed by atoms with van der Waals surface area (Å²) in [7, 11) is 0. The van der Waals surface area contributed by atoms with Gasteiger partial charge in [-0.05, 0) is 44.2 Å². The summed E-state index contributed by atoms with van der Waals surface area (Å²) in [4.78, 5) is 23.8. The molecule has 0 aliphatic carbocycles. The van der Waals surface area contributed by atoms with Gasteiger partial charge in [0.05, 0.1) is 5.56 Å². The third kappa shape index (κ3) is 5.41. The largest absolute Gasteiger partial charge is 0.466 e. The summed E-state index contributed by atoms with van der Waals surface area (Å²) in [6, 6.07) is 5.93. The van der Waals surface area contributed by atoms with Gasteiger partial charge < -0.3 is 9.15 Å². The molecular weight excluding hydrogens is 414 g/mol. The van der Waals surface area contributed by atoms with Crippen molar-refractivity contribution in [2.24, 2.45) is 0 Å². The van der Waals surface area contributed by atoms with Crippen molar-refractivity contribution in [3.05, 3.63) is 57.5 Å². The average molecular weight is 429 g/mol. The number of alkyl halides is 2. The van der Waals surface area contributed by atoms with Gasteiger partial charge in [-0.1, -0.05) is 15.9 Å². The maximum absolute atomic E-state index is 12.4. The summed E-state index contributed by atoms with van der Waals surface area (Å²) in [5.74, 6) is -0.280. The summed E-state index contributed by atoms with van der Waals surface area (Å²) in [5.41, 5.74) is 5.00. The van der Waals surface area contributed by atoms with Gasteiger partial charge in [-0.2, -0.15) is 8.78 Å². The Kier molecular flexibility index (Phi) is 6.51. The number of aryl methyl sites for hydroxylation is 2. The second kappa shape index (κ2) is 8.61. The van der Waals surface area contributed by atoms with Gasteiger partial charge in [0.15, 0.2) is 0 Å². The number of ether oxygens (including phenoxy) is 1. The highest BCUT2D eigenvalue weighted by atomic mass is 79.9. The van der Waals surface area contributed by atoms with Crippen molar-refractivity contribution in [1.82, 2.24) is 10.9 Å². The molecule has 0 atom stereocenters. The molecule has 26 heavy (non-hydrogen) atoms. The van der Waals surface area contributed by atoms with Crippen LogP contribution in [0.2, 0.25) is 0 Å². The highest BCUT2D eigenvalue weighted by Crippen LogP contribution is 2.25. The number of hydrazine groups is 1. The minimum absolute atomic E-state index is 0.0826. The zero-order valence-corrected chi connectivity index (χ0v) is 15.4. The Labute approximate surface area is 156 Å². The fourth-order valence-corrected chi connectivity index (χ4v) is 2.48. The molecule has 0 saturated carbocycles. The topological polar surface area (TPSA) is 80.6 Å². The first-order valence-corrected chi connectivity index (χ1v) is 8.15. The number of carbonyl (C=O) groups excluding carboxylic acids is 2. The van der Waals surface area contributed by atoms with Crippen LogP contribution in [0.5, 0.6) is 5.75 Å². The molecule has 1 heterocycles. The van der Waals surface area contributed by atoms with Crippen molar-refractivity contribution >= 4 is 33.8 Å². The number of hydrogen-bond acceptors (Lipinski definition) is 4. The smallest absolute Gasteiger partial charge is 0.387 e. The van der Waals surface area contributed by atoms with Gasteiger partial charge >= 0.3 is 6.61 Å². The normalized spacial score (nSPS) is 11.0. The van der Waals surface area contributed by atoms with Crippen molar-refractivity contribution in [2.75, 3.05) is 0 Å². The lowest BCUT2D eigenvalue weighted by Crippen LogP contribution is -2.40. The molecule has 0 aliphatic heterocycles. The van der Waals surface area contributed by atoms with E-state index in [-0.39, 0.29) is 11.3 Å². The van der Waals surface area contributed by atoms with E-state index in [9.17, 15) is 18.4 Å². The molecule has 138 valence electrons. The van der Waals surface area contributed by atoms with Crippen molar-refractivity contribution in [2.45, 2.75) is 20.5 Å². The van der Waals surface area contributed by atoms with E-state index >= 15 is 0 Å². The number of amides is 2. The molecule has 1 aromatic heterocycles. The van der Waals surface area contributed by atoms with Crippen LogP contribution >= 0.6 is 15.9 Å². The number of hydrogen-bond donors (Lipinski definition) is 2. The standard InChI is InChI=1S/C17H15BrF2N2O4/c1-9-7-13(10(2)25-9)16(24)22-21-15(23)6-3-11-8-12(18)4-5-14(11)26-17(19)20/h3-8,17H,1-2H3,(H,21,23)(H,22,24)/b6-3+. The lowest BCUT2D eigenvalue weighted by Gasteiger charge is -2.08. The zero-order chi connectivity index (χ0) is 19.3. The van der Waals surface area contributed by atoms with Gasteiger partial charge in [0.25, 0.3) is 11.8 Å². The predicted octanol–water partition coefficient (Wildman–Crippen LogP) is 3.73. The maximum Gasteiger partial charge on any atom is 0.387 e. The molecule has 0 fully saturated rings. The third-order valence-corrected chi connectivity index (χ3v) is 3.68. The van der Waals surface area contributed by atoms with E-state index in [1.807, 2.05) is 0 Å². The molecule has 0 aliphatic rings. The summed E-state index contributed by atoms with van der Waals surface area (Å²) < 4.78 is 35.1. The summed E-state index contributed by atoms with van der Waals surface area (Å²) in [6.45, 7) is 0.335. The zero-order valence-electron chi connectivity index (χ0n) is 13.8. The highest BCUT2D eigenvalue weighted by molar-refractivity contribution is 9.10. The molecule has 6 nitrogen and oxygen atoms in total. The molecule has 1 aromatic carbocycles. The van der Waals surface area contributed by atoms with Crippen LogP contribution in [0.3, 0.4) is 0 Å². The molecule has 2 N–H and O–H groups in total. The molecular formula is C17H15BrF2N2O4. The van der Waals surface area contributed by atoms with Gasteiger partial charge in [-0.25, -0.2) is 0 Å². The molecule has 0 unspecified atom stereocenters. The molecule has 2 rings (SSSR count). The molecule has 9 heteroatoms. The lowest BCUT2D eigenvalue weighted by atomic mass is 10.2. The number of furan rings is 1. The summed E-state index contributed by atoms with van der Waals surface area (Å²) in [5, 5.41) is 0. The molecule has 0 radical (unpaired) electrons. The molecule has 2 amide bonds. The van der Waals surface area contributed by atoms with Gasteiger partial charge in [-0.3, -0.25) is 20.4 Å². The van der Waals surface area contributed by atoms with E-state index in [1.165, 1.54) is 24.3 Å². The summed E-state index contributed by atoms with van der Waals surface area (Å²) >= 11 is 3.21. The third-order valence-electron chi connectivity index (χ3n) is 3.19. The fourth-order valence-electron chi connectivity index (χ4n) is 2.10. The quantitative estimate of drug-likeness (QED) is 0.561. The van der Waals surface area contributed by atoms with Crippen molar-refractivity contribution in [1.29, 1.82) is 0 Å². The number of carbonyl (C=O) groups is 2. The van der Waals surface area contributed by atoms with E-state index in [1.54, 1.807) is 19.9 Å². The molecule has 2 aromatic rings. The van der Waals surface area contributed by atoms with Crippen molar-refractivity contribution in [3.63, 3.8) is 0 Å². The SMILES string of the molecule is Cc1cc(C(=O)NNC(=O)/C=C/c2cc(Br)ccc2OC(F)F)c(C)o1. The lowest BCUT2D eigenvalue weighted by molar-refractivity contribution is -0.117. The van der Waals surface area contributed by atoms with Gasteiger partial charge in [-0.15, -0.1) is 0 Å². The molecule has 0 bridgehead atoms. The van der Waals surface area contributed by atoms with Crippen LogP contribution in [-0.4, -0.2) is 18.4 Å². The minimum Gasteiger partial charge on any atom is -0.466 e. The predicted molar refractivity (Wildman–Crippen MR) is 93.6 cm³/mol. The fraction of sp³-hybridized carbons (Fsp3) is 0.176. The summed E-state index contributed by atoms with van der Waals surface area (Å²) in [6.07, 6.45) is 2.37. The minimum atomic E-state index is -2.99. The van der Waals surface area contributed by atoms with Crippen LogP contribution in [0.25, 0.3) is 6.08 Å². The van der Waals surface area contributed by atoms with Crippen LogP contribution < -0.4 is 15.6 Å². The van der Waals surface area contributed by atoms with Crippen molar-refractivity contribution < 1.29 is 27.5 Å². The van der Waals surface area contributed by atoms with Crippen molar-refractivity contribution in [3.8, 4) is 5.75 Å². The molecule has 0 spiro atoms. The monoisotopic (exact) mass is 428 g/mol. The second-order valence-electron chi connectivity index (χ2n) is 5.16. The van der Waals surface area contributed by atoms with E-state index in [4.69, 9.17) is 4.42 Å². The van der Waals surface area contributed by atoms with E-state index in [2.05, 4.69) is 31.5 Å². The van der Waals surface area contributed by atoms with Crippen LogP contribution in [0.4, 0.5) is 8.78 Å². The first kappa shape index (κ1) is 19.6. The molecule has 0 saturated heterocycles. The Morgan fingerprint density at radius 3 is 2.58 bits per heavy atom. The van der Waals surface area contributed by atoms with Gasteiger partial charge in [0.1, 0.15) is 17.3 Å². The Balaban J connectivity index is 2.00. The first-order valence-electron chi connectivity index (χ1n) is 7.36. The Morgan fingerprint density at radius 2 is 1.96 bits per heavy atom. The number of rotatable bonds is 5. The Bertz CT molecular complexity index is 849. The Morgan fingerprint density at radius 1 is 1.23 bits per heavy atom. The number of nitrogens with one attached hydrogen (secondary N) is 2. The van der Waals surface area contributed by atoms with E-state index in [0.29, 0.717) is 21.6 Å². The van der Waals surface area contributed by atoms with Crippen LogP contribution in [0, 0.1) is 13.8 Å². The maximum atomic E-state index is 12.4. The van der Waals surface area contributed by atoms with E-state index < -0.39 is 18.4 Å². The number of halogens is 3. The number of benzene rings is 1.